The molecule has 4 N–H and O–H groups in total. The molecule has 4 nitrogen and oxygen atoms in total. The van der Waals surface area contributed by atoms with Gasteiger partial charge >= 0.3 is 0 Å². The van der Waals surface area contributed by atoms with Crippen LogP contribution in [0.5, 0.6) is 0 Å². The number of aromatic nitrogens is 1. The van der Waals surface area contributed by atoms with Crippen LogP contribution in [-0.2, 0) is 6.54 Å². The van der Waals surface area contributed by atoms with Crippen molar-refractivity contribution >= 4 is 16.6 Å². The van der Waals surface area contributed by atoms with E-state index in [2.05, 4.69) is 10.3 Å². The zero-order chi connectivity index (χ0) is 12.3. The number of aliphatic hydroxyl groups is 1. The average molecular weight is 231 g/mol. The molecule has 2 aromatic rings. The van der Waals surface area contributed by atoms with Crippen molar-refractivity contribution < 1.29 is 5.11 Å². The van der Waals surface area contributed by atoms with E-state index in [1.165, 1.54) is 0 Å². The maximum Gasteiger partial charge on any atom is 0.0722 e. The predicted molar refractivity (Wildman–Crippen MR) is 69.8 cm³/mol. The first kappa shape index (κ1) is 11.8. The Morgan fingerprint density at radius 2 is 2.18 bits per heavy atom. The van der Waals surface area contributed by atoms with Crippen molar-refractivity contribution in [1.82, 2.24) is 4.98 Å². The number of nitrogens with zero attached hydrogens (tertiary/aromatic N) is 1. The third-order valence-corrected chi connectivity index (χ3v) is 2.74. The van der Waals surface area contributed by atoms with Crippen molar-refractivity contribution in [3.63, 3.8) is 0 Å². The smallest absolute Gasteiger partial charge is 0.0722 e. The molecular weight excluding hydrogens is 214 g/mol. The van der Waals surface area contributed by atoms with Crippen molar-refractivity contribution in [2.75, 3.05) is 11.9 Å². The Morgan fingerprint density at radius 1 is 1.41 bits per heavy atom. The van der Waals surface area contributed by atoms with Gasteiger partial charge in [0.1, 0.15) is 0 Å². The van der Waals surface area contributed by atoms with Crippen LogP contribution in [0.3, 0.4) is 0 Å². The van der Waals surface area contributed by atoms with Gasteiger partial charge in [0.15, 0.2) is 0 Å². The van der Waals surface area contributed by atoms with Gasteiger partial charge in [0, 0.05) is 35.4 Å². The highest BCUT2D eigenvalue weighted by molar-refractivity contribution is 5.92. The van der Waals surface area contributed by atoms with E-state index in [1.807, 2.05) is 31.2 Å². The normalized spacial score (nSPS) is 12.6. The monoisotopic (exact) mass is 231 g/mol. The minimum absolute atomic E-state index is 0.00824. The summed E-state index contributed by atoms with van der Waals surface area (Å²) in [7, 11) is 0. The number of nitrogens with one attached hydrogen (secondary N) is 1. The lowest BCUT2D eigenvalue weighted by atomic mass is 10.1. The summed E-state index contributed by atoms with van der Waals surface area (Å²) in [4.78, 5) is 4.36. The van der Waals surface area contributed by atoms with Crippen molar-refractivity contribution in [1.29, 1.82) is 0 Å². The zero-order valence-corrected chi connectivity index (χ0v) is 9.85. The second-order valence-electron chi connectivity index (χ2n) is 4.11. The second-order valence-corrected chi connectivity index (χ2v) is 4.11. The third-order valence-electron chi connectivity index (χ3n) is 2.74. The molecule has 0 fully saturated rings. The molecule has 1 aromatic heterocycles. The Bertz CT molecular complexity index is 513. The summed E-state index contributed by atoms with van der Waals surface area (Å²) in [6.45, 7) is 2.44. The van der Waals surface area contributed by atoms with E-state index in [-0.39, 0.29) is 12.6 Å². The van der Waals surface area contributed by atoms with Crippen LogP contribution in [0.2, 0.25) is 0 Å². The van der Waals surface area contributed by atoms with Crippen LogP contribution >= 0.6 is 0 Å². The highest BCUT2D eigenvalue weighted by Crippen LogP contribution is 2.26. The number of rotatable bonds is 4. The molecule has 2 rings (SSSR count). The number of hydrogen-bond donors (Lipinski definition) is 3. The van der Waals surface area contributed by atoms with E-state index >= 15 is 0 Å². The van der Waals surface area contributed by atoms with Gasteiger partial charge in [-0.3, -0.25) is 4.98 Å². The molecule has 0 aliphatic carbocycles. The number of benzene rings is 1. The lowest BCUT2D eigenvalue weighted by Crippen LogP contribution is -2.21. The first-order valence-corrected chi connectivity index (χ1v) is 5.70. The molecule has 0 saturated heterocycles. The summed E-state index contributed by atoms with van der Waals surface area (Å²) in [6.07, 6.45) is 1.79. The number of pyridine rings is 1. The van der Waals surface area contributed by atoms with E-state index in [0.29, 0.717) is 6.54 Å². The quantitative estimate of drug-likeness (QED) is 0.745. The topological polar surface area (TPSA) is 71.2 Å². The summed E-state index contributed by atoms with van der Waals surface area (Å²) in [5.74, 6) is 0. The Kier molecular flexibility index (Phi) is 3.56. The van der Waals surface area contributed by atoms with Gasteiger partial charge in [-0.05, 0) is 13.0 Å². The number of fused-ring (bicyclic) bond motifs is 1. The van der Waals surface area contributed by atoms with Crippen LogP contribution in [0.1, 0.15) is 12.5 Å². The van der Waals surface area contributed by atoms with Gasteiger partial charge in [-0.1, -0.05) is 18.2 Å². The minimum Gasteiger partial charge on any atom is -0.394 e. The van der Waals surface area contributed by atoms with Gasteiger partial charge in [0.2, 0.25) is 0 Å². The van der Waals surface area contributed by atoms with E-state index in [9.17, 15) is 0 Å². The highest BCUT2D eigenvalue weighted by atomic mass is 16.3. The molecule has 1 atom stereocenters. The minimum atomic E-state index is -0.00824. The van der Waals surface area contributed by atoms with Gasteiger partial charge in [0.25, 0.3) is 0 Å². The fourth-order valence-electron chi connectivity index (χ4n) is 1.80. The molecule has 1 unspecified atom stereocenters. The number of nitrogens with two attached hydrogens (primary N) is 1. The molecular formula is C13H17N3O. The molecule has 90 valence electrons. The van der Waals surface area contributed by atoms with Gasteiger partial charge in [0.05, 0.1) is 12.1 Å². The molecule has 4 heteroatoms. The van der Waals surface area contributed by atoms with E-state index in [0.717, 1.165) is 22.2 Å². The van der Waals surface area contributed by atoms with Crippen LogP contribution in [0, 0.1) is 0 Å². The molecule has 17 heavy (non-hydrogen) atoms. The average Bonchev–Trinajstić information content (AvgIpc) is 2.39. The van der Waals surface area contributed by atoms with Crippen LogP contribution in [-0.4, -0.2) is 22.7 Å². The van der Waals surface area contributed by atoms with Crippen LogP contribution in [0.15, 0.2) is 30.5 Å². The van der Waals surface area contributed by atoms with E-state index in [4.69, 9.17) is 10.8 Å². The summed E-state index contributed by atoms with van der Waals surface area (Å²) in [6, 6.07) is 7.89. The van der Waals surface area contributed by atoms with Gasteiger partial charge < -0.3 is 16.2 Å². The molecule has 1 aromatic carbocycles. The van der Waals surface area contributed by atoms with Gasteiger partial charge in [-0.2, -0.15) is 0 Å². The lowest BCUT2D eigenvalue weighted by Gasteiger charge is -2.17. The summed E-state index contributed by atoms with van der Waals surface area (Å²) >= 11 is 0. The lowest BCUT2D eigenvalue weighted by molar-refractivity contribution is 0.281. The van der Waals surface area contributed by atoms with Crippen LogP contribution in [0.4, 0.5) is 5.69 Å². The fourth-order valence-corrected chi connectivity index (χ4v) is 1.80. The molecule has 0 bridgehead atoms. The molecule has 1 heterocycles. The number of anilines is 1. The number of aliphatic hydroxyl groups excluding tert-OH is 1. The largest absolute Gasteiger partial charge is 0.394 e. The summed E-state index contributed by atoms with van der Waals surface area (Å²) < 4.78 is 0. The third kappa shape index (κ3) is 2.38. The Morgan fingerprint density at radius 3 is 2.88 bits per heavy atom. The van der Waals surface area contributed by atoms with E-state index in [1.54, 1.807) is 6.20 Å². The summed E-state index contributed by atoms with van der Waals surface area (Å²) in [5.41, 5.74) is 8.58. The maximum atomic E-state index is 9.12. The van der Waals surface area contributed by atoms with E-state index < -0.39 is 0 Å². The van der Waals surface area contributed by atoms with Crippen molar-refractivity contribution in [2.24, 2.45) is 5.73 Å². The zero-order valence-electron chi connectivity index (χ0n) is 9.85. The SMILES string of the molecule is CC(CO)Nc1c(CN)cnc2ccccc12. The molecule has 0 radical (unpaired) electrons. The highest BCUT2D eigenvalue weighted by Gasteiger charge is 2.09. The molecule has 0 aliphatic rings. The maximum absolute atomic E-state index is 9.12. The number of para-hydroxylation sites is 1. The van der Waals surface area contributed by atoms with Crippen molar-refractivity contribution in [3.05, 3.63) is 36.0 Å². The Hall–Kier alpha value is -1.65. The number of hydrogen-bond acceptors (Lipinski definition) is 4. The Labute approximate surface area is 100 Å². The first-order valence-electron chi connectivity index (χ1n) is 5.70. The Balaban J connectivity index is 2.54. The molecule has 0 amide bonds. The first-order chi connectivity index (χ1) is 8.26. The van der Waals surface area contributed by atoms with Gasteiger partial charge in [-0.25, -0.2) is 0 Å². The van der Waals surface area contributed by atoms with Crippen LogP contribution < -0.4 is 11.1 Å². The second kappa shape index (κ2) is 5.12. The molecule has 0 saturated carbocycles. The summed E-state index contributed by atoms with van der Waals surface area (Å²) in [5, 5.41) is 13.4. The fraction of sp³-hybridized carbons (Fsp3) is 0.308. The van der Waals surface area contributed by atoms with Crippen molar-refractivity contribution in [3.8, 4) is 0 Å². The standard InChI is InChI=1S/C13H17N3O/c1-9(8-17)16-13-10(6-14)7-15-12-5-3-2-4-11(12)13/h2-5,7,9,17H,6,8,14H2,1H3,(H,15,16). The predicted octanol–water partition coefficient (Wildman–Crippen LogP) is 1.49. The molecule has 0 spiro atoms. The van der Waals surface area contributed by atoms with Crippen molar-refractivity contribution in [2.45, 2.75) is 19.5 Å². The van der Waals surface area contributed by atoms with Gasteiger partial charge in [-0.15, -0.1) is 0 Å². The molecule has 0 aliphatic heterocycles. The van der Waals surface area contributed by atoms with Crippen LogP contribution in [0.25, 0.3) is 10.9 Å².